The summed E-state index contributed by atoms with van der Waals surface area (Å²) >= 11 is 0. The van der Waals surface area contributed by atoms with Crippen molar-refractivity contribution >= 4 is 10.0 Å². The molecule has 0 aliphatic carbocycles. The Kier molecular flexibility index (Phi) is 4.05. The number of phenols is 3. The fourth-order valence-corrected chi connectivity index (χ4v) is 5.08. The zero-order valence-corrected chi connectivity index (χ0v) is 15.0. The van der Waals surface area contributed by atoms with E-state index in [2.05, 4.69) is 0 Å². The van der Waals surface area contributed by atoms with Crippen molar-refractivity contribution in [2.45, 2.75) is 17.5 Å². The predicted molar refractivity (Wildman–Crippen MR) is 98.9 cm³/mol. The summed E-state index contributed by atoms with van der Waals surface area (Å²) in [6, 6.07) is 16.6. The summed E-state index contributed by atoms with van der Waals surface area (Å²) < 4.78 is 27.9. The highest BCUT2D eigenvalue weighted by Gasteiger charge is 2.40. The molecule has 0 aromatic heterocycles. The van der Waals surface area contributed by atoms with Crippen LogP contribution in [-0.4, -0.2) is 28.0 Å². The molecule has 27 heavy (non-hydrogen) atoms. The van der Waals surface area contributed by atoms with E-state index >= 15 is 0 Å². The zero-order valence-electron chi connectivity index (χ0n) is 14.1. The molecule has 0 spiro atoms. The average Bonchev–Trinajstić information content (AvgIpc) is 3.01. The minimum absolute atomic E-state index is 0.0592. The Morgan fingerprint density at radius 1 is 0.815 bits per heavy atom. The third kappa shape index (κ3) is 3.01. The molecule has 0 fully saturated rings. The first kappa shape index (κ1) is 17.4. The second-order valence-corrected chi connectivity index (χ2v) is 8.32. The van der Waals surface area contributed by atoms with Crippen molar-refractivity contribution in [1.82, 2.24) is 4.31 Å². The maximum absolute atomic E-state index is 13.3. The highest BCUT2D eigenvalue weighted by atomic mass is 32.2. The number of phenolic OH excluding ortho intramolecular Hbond substituents is 3. The molecule has 0 amide bonds. The quantitative estimate of drug-likeness (QED) is 0.646. The average molecular weight is 383 g/mol. The van der Waals surface area contributed by atoms with Gasteiger partial charge in [0.15, 0.2) is 0 Å². The molecule has 1 atom stereocenters. The molecule has 1 aliphatic rings. The van der Waals surface area contributed by atoms with Crippen LogP contribution in [0.2, 0.25) is 0 Å². The lowest BCUT2D eigenvalue weighted by Gasteiger charge is -2.25. The highest BCUT2D eigenvalue weighted by molar-refractivity contribution is 7.89. The van der Waals surface area contributed by atoms with E-state index in [-0.39, 0.29) is 28.7 Å². The van der Waals surface area contributed by atoms with E-state index in [1.807, 2.05) is 30.3 Å². The van der Waals surface area contributed by atoms with Crippen molar-refractivity contribution in [3.63, 3.8) is 0 Å². The first-order valence-corrected chi connectivity index (χ1v) is 9.72. The fraction of sp³-hybridized carbons (Fsp3) is 0.100. The summed E-state index contributed by atoms with van der Waals surface area (Å²) in [6.07, 6.45) is 0. The lowest BCUT2D eigenvalue weighted by Crippen LogP contribution is -2.30. The standard InChI is InChI=1S/C20H17NO5S/c22-15-7-6-14-12-21(20(19(14)11-15)13-4-2-1-3-5-13)27(25,26)18-9-16(23)8-17(24)10-18/h1-11,20,22-24H,12H2. The van der Waals surface area contributed by atoms with Crippen molar-refractivity contribution in [2.24, 2.45) is 0 Å². The molecule has 3 aromatic carbocycles. The number of aromatic hydroxyl groups is 3. The normalized spacial score (nSPS) is 17.0. The van der Waals surface area contributed by atoms with Gasteiger partial charge in [0.05, 0.1) is 10.9 Å². The van der Waals surface area contributed by atoms with Crippen LogP contribution in [0.1, 0.15) is 22.7 Å². The van der Waals surface area contributed by atoms with Crippen LogP contribution in [0, 0.1) is 0 Å². The van der Waals surface area contributed by atoms with Gasteiger partial charge >= 0.3 is 0 Å². The Hall–Kier alpha value is -3.03. The third-order valence-electron chi connectivity index (χ3n) is 4.64. The van der Waals surface area contributed by atoms with Gasteiger partial charge in [-0.2, -0.15) is 4.31 Å². The first-order valence-electron chi connectivity index (χ1n) is 8.28. The van der Waals surface area contributed by atoms with E-state index in [0.717, 1.165) is 29.3 Å². The van der Waals surface area contributed by atoms with Gasteiger partial charge in [-0.1, -0.05) is 36.4 Å². The third-order valence-corrected chi connectivity index (χ3v) is 6.42. The molecule has 1 heterocycles. The second kappa shape index (κ2) is 6.29. The summed E-state index contributed by atoms with van der Waals surface area (Å²) in [7, 11) is -4.03. The van der Waals surface area contributed by atoms with Crippen molar-refractivity contribution < 1.29 is 23.7 Å². The Morgan fingerprint density at radius 3 is 2.15 bits per heavy atom. The van der Waals surface area contributed by atoms with Crippen molar-refractivity contribution in [3.05, 3.63) is 83.4 Å². The Bertz CT molecular complexity index is 1090. The Labute approximate surface area is 156 Å². The van der Waals surface area contributed by atoms with Crippen LogP contribution in [0.4, 0.5) is 0 Å². The smallest absolute Gasteiger partial charge is 0.244 e. The van der Waals surface area contributed by atoms with Gasteiger partial charge in [-0.05, 0) is 28.8 Å². The van der Waals surface area contributed by atoms with Crippen LogP contribution < -0.4 is 0 Å². The minimum Gasteiger partial charge on any atom is -0.508 e. The largest absolute Gasteiger partial charge is 0.508 e. The van der Waals surface area contributed by atoms with E-state index in [0.29, 0.717) is 5.56 Å². The fourth-order valence-electron chi connectivity index (χ4n) is 3.45. The van der Waals surface area contributed by atoms with Gasteiger partial charge in [-0.15, -0.1) is 0 Å². The second-order valence-electron chi connectivity index (χ2n) is 6.43. The summed E-state index contributed by atoms with van der Waals surface area (Å²) in [5.74, 6) is -0.609. The molecule has 0 saturated heterocycles. The summed E-state index contributed by atoms with van der Waals surface area (Å²) in [6.45, 7) is 0.119. The molecule has 3 N–H and O–H groups in total. The van der Waals surface area contributed by atoms with E-state index < -0.39 is 16.1 Å². The SMILES string of the molecule is O=S(=O)(c1cc(O)cc(O)c1)N1Cc2ccc(O)cc2C1c1ccccc1. The Morgan fingerprint density at radius 2 is 1.48 bits per heavy atom. The van der Waals surface area contributed by atoms with Gasteiger partial charge in [0.25, 0.3) is 0 Å². The molecule has 1 unspecified atom stereocenters. The van der Waals surface area contributed by atoms with Gasteiger partial charge in [0.1, 0.15) is 17.2 Å². The van der Waals surface area contributed by atoms with E-state index in [9.17, 15) is 23.7 Å². The van der Waals surface area contributed by atoms with Gasteiger partial charge in [-0.3, -0.25) is 0 Å². The molecule has 6 nitrogen and oxygen atoms in total. The van der Waals surface area contributed by atoms with Gasteiger partial charge in [-0.25, -0.2) is 8.42 Å². The maximum atomic E-state index is 13.3. The van der Waals surface area contributed by atoms with E-state index in [1.54, 1.807) is 12.1 Å². The molecular weight excluding hydrogens is 366 g/mol. The topological polar surface area (TPSA) is 98.1 Å². The summed E-state index contributed by atoms with van der Waals surface area (Å²) in [5, 5.41) is 29.3. The van der Waals surface area contributed by atoms with Gasteiger partial charge in [0.2, 0.25) is 10.0 Å². The first-order chi connectivity index (χ1) is 12.9. The van der Waals surface area contributed by atoms with Crippen LogP contribution in [0.3, 0.4) is 0 Å². The van der Waals surface area contributed by atoms with Crippen LogP contribution in [-0.2, 0) is 16.6 Å². The maximum Gasteiger partial charge on any atom is 0.244 e. The summed E-state index contributed by atoms with van der Waals surface area (Å²) in [4.78, 5) is -0.196. The monoisotopic (exact) mass is 383 g/mol. The van der Waals surface area contributed by atoms with E-state index in [4.69, 9.17) is 0 Å². The molecule has 0 radical (unpaired) electrons. The Balaban J connectivity index is 1.88. The molecule has 0 saturated carbocycles. The lowest BCUT2D eigenvalue weighted by molar-refractivity contribution is 0.385. The molecule has 0 bridgehead atoms. The molecule has 7 heteroatoms. The van der Waals surface area contributed by atoms with Gasteiger partial charge in [0, 0.05) is 24.7 Å². The number of benzene rings is 3. The van der Waals surface area contributed by atoms with Crippen LogP contribution >= 0.6 is 0 Å². The molecule has 1 aliphatic heterocycles. The van der Waals surface area contributed by atoms with Crippen LogP contribution in [0.5, 0.6) is 17.2 Å². The van der Waals surface area contributed by atoms with Crippen molar-refractivity contribution in [3.8, 4) is 17.2 Å². The zero-order chi connectivity index (χ0) is 19.2. The number of rotatable bonds is 3. The predicted octanol–water partition coefficient (Wildman–Crippen LogP) is 3.10. The highest BCUT2D eigenvalue weighted by Crippen LogP contribution is 2.43. The molecule has 3 aromatic rings. The summed E-state index contributed by atoms with van der Waals surface area (Å²) in [5.41, 5.74) is 2.25. The van der Waals surface area contributed by atoms with Gasteiger partial charge < -0.3 is 15.3 Å². The molecular formula is C20H17NO5S. The van der Waals surface area contributed by atoms with Crippen molar-refractivity contribution in [1.29, 1.82) is 0 Å². The number of nitrogens with zero attached hydrogens (tertiary/aromatic N) is 1. The van der Waals surface area contributed by atoms with Crippen molar-refractivity contribution in [2.75, 3.05) is 0 Å². The number of sulfonamides is 1. The number of fused-ring (bicyclic) bond motifs is 1. The van der Waals surface area contributed by atoms with E-state index in [1.165, 1.54) is 10.4 Å². The number of hydrogen-bond donors (Lipinski definition) is 3. The van der Waals surface area contributed by atoms with Crippen LogP contribution in [0.25, 0.3) is 0 Å². The minimum atomic E-state index is -4.03. The lowest BCUT2D eigenvalue weighted by atomic mass is 9.98. The van der Waals surface area contributed by atoms with Crippen LogP contribution in [0.15, 0.2) is 71.6 Å². The molecule has 4 rings (SSSR count). The molecule has 138 valence electrons. The number of hydrogen-bond acceptors (Lipinski definition) is 5.